The maximum absolute atomic E-state index is 5.53. The third-order valence-electron chi connectivity index (χ3n) is 8.20. The number of rotatable bonds is 2. The number of benzene rings is 1. The molecule has 0 saturated carbocycles. The van der Waals surface area contributed by atoms with E-state index < -0.39 is 0 Å². The number of fused-ring (bicyclic) bond motifs is 1. The van der Waals surface area contributed by atoms with E-state index in [1.807, 2.05) is 11.8 Å². The molecule has 5 rings (SSSR count). The van der Waals surface area contributed by atoms with E-state index >= 15 is 0 Å². The van der Waals surface area contributed by atoms with E-state index in [9.17, 15) is 0 Å². The molecule has 0 radical (unpaired) electrons. The van der Waals surface area contributed by atoms with Gasteiger partial charge in [0.1, 0.15) is 0 Å². The lowest BCUT2D eigenvalue weighted by Gasteiger charge is -2.42. The first-order chi connectivity index (χ1) is 14.8. The van der Waals surface area contributed by atoms with Crippen molar-refractivity contribution in [2.75, 3.05) is 45.1 Å². The number of amidine groups is 1. The molecule has 5 heteroatoms. The Bertz CT molecular complexity index is 835. The molecular weight excluding hydrogens is 402 g/mol. The molecule has 0 bridgehead atoms. The summed E-state index contributed by atoms with van der Waals surface area (Å²) in [5, 5.41) is 1.28. The summed E-state index contributed by atoms with van der Waals surface area (Å²) >= 11 is 1.97. The van der Waals surface area contributed by atoms with E-state index in [1.54, 1.807) is 11.1 Å². The molecule has 1 unspecified atom stereocenters. The molecule has 1 atom stereocenters. The number of thioether (sulfide) groups is 1. The van der Waals surface area contributed by atoms with Crippen molar-refractivity contribution in [1.82, 2.24) is 9.80 Å². The molecule has 31 heavy (non-hydrogen) atoms. The van der Waals surface area contributed by atoms with Crippen molar-refractivity contribution in [2.45, 2.75) is 76.3 Å². The Kier molecular flexibility index (Phi) is 5.89. The second-order valence-corrected chi connectivity index (χ2v) is 12.2. The Labute approximate surface area is 192 Å². The Morgan fingerprint density at radius 1 is 0.935 bits per heavy atom. The number of hydrogen-bond acceptors (Lipinski definition) is 5. The summed E-state index contributed by atoms with van der Waals surface area (Å²) in [6, 6.07) is 8.32. The molecule has 170 valence electrons. The van der Waals surface area contributed by atoms with Crippen LogP contribution in [0.1, 0.15) is 76.1 Å². The summed E-state index contributed by atoms with van der Waals surface area (Å²) in [7, 11) is 0. The number of ether oxygens (including phenoxy) is 1. The lowest BCUT2D eigenvalue weighted by Crippen LogP contribution is -2.49. The van der Waals surface area contributed by atoms with Crippen LogP contribution in [0.3, 0.4) is 0 Å². The molecule has 0 amide bonds. The minimum absolute atomic E-state index is 0.264. The molecule has 0 N–H and O–H groups in total. The predicted octanol–water partition coefficient (Wildman–Crippen LogP) is 4.98. The zero-order chi connectivity index (χ0) is 21.6. The van der Waals surface area contributed by atoms with Gasteiger partial charge in [-0.3, -0.25) is 9.89 Å². The Morgan fingerprint density at radius 2 is 1.61 bits per heavy atom. The number of nitrogens with zero attached hydrogens (tertiary/aromatic N) is 3. The van der Waals surface area contributed by atoms with Gasteiger partial charge in [-0.05, 0) is 53.2 Å². The monoisotopic (exact) mass is 441 g/mol. The quantitative estimate of drug-likeness (QED) is 0.647. The SMILES string of the molecule is CC1(C)CCC(C)(C)c2cc(C3CSC(N4CCC(N5CCOCC5)CC4)=N3)ccc21. The summed E-state index contributed by atoms with van der Waals surface area (Å²) in [6.07, 6.45) is 5.05. The first kappa shape index (κ1) is 21.8. The fourth-order valence-electron chi connectivity index (χ4n) is 5.88. The molecular formula is C26H39N3OS. The highest BCUT2D eigenvalue weighted by Gasteiger charge is 2.38. The molecule has 2 saturated heterocycles. The maximum atomic E-state index is 5.53. The van der Waals surface area contributed by atoms with E-state index in [4.69, 9.17) is 9.73 Å². The van der Waals surface area contributed by atoms with Crippen LogP contribution in [0.4, 0.5) is 0 Å². The Hall–Kier alpha value is -1.04. The van der Waals surface area contributed by atoms with Gasteiger partial charge >= 0.3 is 0 Å². The predicted molar refractivity (Wildman–Crippen MR) is 131 cm³/mol. The number of hydrogen-bond donors (Lipinski definition) is 0. The van der Waals surface area contributed by atoms with Crippen molar-refractivity contribution in [2.24, 2.45) is 4.99 Å². The lowest BCUT2D eigenvalue weighted by atomic mass is 9.63. The fourth-order valence-corrected chi connectivity index (χ4v) is 7.02. The van der Waals surface area contributed by atoms with Crippen LogP contribution in [0, 0.1) is 0 Å². The summed E-state index contributed by atoms with van der Waals surface area (Å²) < 4.78 is 5.53. The largest absolute Gasteiger partial charge is 0.379 e. The molecule has 1 aromatic carbocycles. The zero-order valence-electron chi connectivity index (χ0n) is 19.8. The van der Waals surface area contributed by atoms with Gasteiger partial charge in [0.25, 0.3) is 0 Å². The molecule has 3 aliphatic heterocycles. The van der Waals surface area contributed by atoms with Crippen molar-refractivity contribution < 1.29 is 4.74 Å². The average molecular weight is 442 g/mol. The van der Waals surface area contributed by atoms with Gasteiger partial charge in [0, 0.05) is 38.0 Å². The standard InChI is InChI=1S/C26H39N3OS/c1-25(2)9-10-26(3,4)22-17-19(5-6-21(22)25)23-18-31-24(27-23)29-11-7-20(8-12-29)28-13-15-30-16-14-28/h5-6,17,20,23H,7-16,18H2,1-4H3. The van der Waals surface area contributed by atoms with Gasteiger partial charge in [0.15, 0.2) is 5.17 Å². The van der Waals surface area contributed by atoms with Crippen molar-refractivity contribution in [1.29, 1.82) is 0 Å². The summed E-state index contributed by atoms with van der Waals surface area (Å²) in [6.45, 7) is 16.0. The highest BCUT2D eigenvalue weighted by atomic mass is 32.2. The van der Waals surface area contributed by atoms with E-state index in [0.717, 1.165) is 51.2 Å². The minimum Gasteiger partial charge on any atom is -0.379 e. The molecule has 1 aromatic rings. The van der Waals surface area contributed by atoms with Crippen LogP contribution >= 0.6 is 11.8 Å². The summed E-state index contributed by atoms with van der Waals surface area (Å²) in [5.41, 5.74) is 5.07. The van der Waals surface area contributed by atoms with Crippen molar-refractivity contribution in [3.05, 3.63) is 34.9 Å². The topological polar surface area (TPSA) is 28.1 Å². The molecule has 1 aliphatic carbocycles. The first-order valence-corrected chi connectivity index (χ1v) is 13.2. The van der Waals surface area contributed by atoms with Gasteiger partial charge in [-0.25, -0.2) is 0 Å². The normalized spacial score (nSPS) is 29.0. The number of morpholine rings is 1. The third kappa shape index (κ3) is 4.30. The van der Waals surface area contributed by atoms with Crippen LogP contribution in [-0.4, -0.2) is 66.2 Å². The van der Waals surface area contributed by atoms with Crippen LogP contribution in [0.15, 0.2) is 23.2 Å². The van der Waals surface area contributed by atoms with E-state index in [1.165, 1.54) is 36.4 Å². The average Bonchev–Trinajstić information content (AvgIpc) is 3.28. The maximum Gasteiger partial charge on any atom is 0.159 e. The van der Waals surface area contributed by atoms with E-state index in [2.05, 4.69) is 55.7 Å². The van der Waals surface area contributed by atoms with Gasteiger partial charge < -0.3 is 9.64 Å². The highest BCUT2D eigenvalue weighted by Crippen LogP contribution is 2.47. The van der Waals surface area contributed by atoms with Gasteiger partial charge in [0.05, 0.1) is 19.3 Å². The van der Waals surface area contributed by atoms with Crippen molar-refractivity contribution in [3.63, 3.8) is 0 Å². The summed E-state index contributed by atoms with van der Waals surface area (Å²) in [4.78, 5) is 10.4. The van der Waals surface area contributed by atoms with Crippen LogP contribution < -0.4 is 0 Å². The summed E-state index contributed by atoms with van der Waals surface area (Å²) in [5.74, 6) is 1.08. The fraction of sp³-hybridized carbons (Fsp3) is 0.731. The molecule has 2 fully saturated rings. The van der Waals surface area contributed by atoms with Gasteiger partial charge in [-0.1, -0.05) is 57.7 Å². The lowest BCUT2D eigenvalue weighted by molar-refractivity contribution is 0.00557. The second-order valence-electron chi connectivity index (χ2n) is 11.2. The number of piperidine rings is 1. The Morgan fingerprint density at radius 3 is 2.32 bits per heavy atom. The van der Waals surface area contributed by atoms with Gasteiger partial charge in [-0.2, -0.15) is 0 Å². The first-order valence-electron chi connectivity index (χ1n) is 12.3. The molecule has 0 spiro atoms. The smallest absolute Gasteiger partial charge is 0.159 e. The minimum atomic E-state index is 0.264. The van der Waals surface area contributed by atoms with Gasteiger partial charge in [-0.15, -0.1) is 0 Å². The zero-order valence-corrected chi connectivity index (χ0v) is 20.6. The van der Waals surface area contributed by atoms with Crippen LogP contribution in [0.25, 0.3) is 0 Å². The number of aliphatic imine (C=N–C) groups is 1. The van der Waals surface area contributed by atoms with E-state index in [0.29, 0.717) is 6.04 Å². The highest BCUT2D eigenvalue weighted by molar-refractivity contribution is 8.14. The molecule has 3 heterocycles. The van der Waals surface area contributed by atoms with Crippen LogP contribution in [0.2, 0.25) is 0 Å². The molecule has 4 nitrogen and oxygen atoms in total. The second kappa shape index (κ2) is 8.39. The molecule has 4 aliphatic rings. The van der Waals surface area contributed by atoms with Crippen molar-refractivity contribution in [3.8, 4) is 0 Å². The van der Waals surface area contributed by atoms with Gasteiger partial charge in [0.2, 0.25) is 0 Å². The molecule has 0 aromatic heterocycles. The van der Waals surface area contributed by atoms with Crippen LogP contribution in [0.5, 0.6) is 0 Å². The third-order valence-corrected chi connectivity index (χ3v) is 9.30. The van der Waals surface area contributed by atoms with Crippen LogP contribution in [-0.2, 0) is 15.6 Å². The van der Waals surface area contributed by atoms with E-state index in [-0.39, 0.29) is 10.8 Å². The Balaban J connectivity index is 1.28. The van der Waals surface area contributed by atoms with Crippen molar-refractivity contribution >= 4 is 16.9 Å². The number of likely N-dealkylation sites (tertiary alicyclic amines) is 1.